The van der Waals surface area contributed by atoms with E-state index in [1.807, 2.05) is 13.0 Å². The lowest BCUT2D eigenvalue weighted by molar-refractivity contribution is 0.385. The lowest BCUT2D eigenvalue weighted by atomic mass is 9.91. The molecule has 4 N–H and O–H groups in total. The fraction of sp³-hybridized carbons (Fsp3) is 0.533. The Balaban J connectivity index is 2.16. The van der Waals surface area contributed by atoms with E-state index >= 15 is 0 Å². The minimum absolute atomic E-state index is 0.122. The molecule has 0 atom stereocenters. The second-order valence-electron chi connectivity index (χ2n) is 5.80. The van der Waals surface area contributed by atoms with Gasteiger partial charge in [0, 0.05) is 5.56 Å². The van der Waals surface area contributed by atoms with Gasteiger partial charge >= 0.3 is 0 Å². The van der Waals surface area contributed by atoms with Gasteiger partial charge in [-0.2, -0.15) is 0 Å². The first-order chi connectivity index (χ1) is 9.89. The van der Waals surface area contributed by atoms with Crippen molar-refractivity contribution < 1.29 is 8.42 Å². The number of sulfonamides is 1. The third kappa shape index (κ3) is 4.20. The predicted octanol–water partition coefficient (Wildman–Crippen LogP) is 2.60. The molecule has 0 amide bonds. The molecule has 0 aliphatic heterocycles. The van der Waals surface area contributed by atoms with E-state index in [4.69, 9.17) is 11.1 Å². The van der Waals surface area contributed by atoms with Gasteiger partial charge in [-0.1, -0.05) is 31.4 Å². The van der Waals surface area contributed by atoms with Crippen LogP contribution in [0.15, 0.2) is 18.2 Å². The van der Waals surface area contributed by atoms with Gasteiger partial charge in [-0.3, -0.25) is 10.1 Å². The highest BCUT2D eigenvalue weighted by atomic mass is 32.2. The quantitative estimate of drug-likeness (QED) is 0.576. The number of benzene rings is 1. The van der Waals surface area contributed by atoms with Crippen molar-refractivity contribution in [3.05, 3.63) is 29.3 Å². The highest BCUT2D eigenvalue weighted by Gasteiger charge is 2.22. The van der Waals surface area contributed by atoms with Gasteiger partial charge in [-0.25, -0.2) is 8.42 Å². The van der Waals surface area contributed by atoms with Crippen LogP contribution >= 0.6 is 0 Å². The van der Waals surface area contributed by atoms with Crippen LogP contribution in [0.5, 0.6) is 0 Å². The summed E-state index contributed by atoms with van der Waals surface area (Å²) < 4.78 is 27.3. The van der Waals surface area contributed by atoms with E-state index in [0.717, 1.165) is 31.2 Å². The van der Waals surface area contributed by atoms with Crippen LogP contribution in [-0.4, -0.2) is 20.0 Å². The fourth-order valence-electron chi connectivity index (χ4n) is 2.98. The molecule has 5 nitrogen and oxygen atoms in total. The SMILES string of the molecule is Cc1cccc(NS(=O)(=O)CC2CCCCC2)c1C(=N)N. The summed E-state index contributed by atoms with van der Waals surface area (Å²) >= 11 is 0. The summed E-state index contributed by atoms with van der Waals surface area (Å²) in [4.78, 5) is 0. The summed E-state index contributed by atoms with van der Waals surface area (Å²) in [7, 11) is -3.41. The van der Waals surface area contributed by atoms with Crippen molar-refractivity contribution in [3.63, 3.8) is 0 Å². The van der Waals surface area contributed by atoms with Crippen molar-refractivity contribution in [1.82, 2.24) is 0 Å². The van der Waals surface area contributed by atoms with E-state index < -0.39 is 10.0 Å². The number of nitrogens with two attached hydrogens (primary N) is 1. The van der Waals surface area contributed by atoms with Crippen molar-refractivity contribution in [2.24, 2.45) is 11.7 Å². The molecule has 0 radical (unpaired) electrons. The Kier molecular flexibility index (Phi) is 4.88. The van der Waals surface area contributed by atoms with E-state index in [2.05, 4.69) is 4.72 Å². The number of anilines is 1. The van der Waals surface area contributed by atoms with Gasteiger partial charge in [-0.15, -0.1) is 0 Å². The molecular formula is C15H23N3O2S. The molecule has 0 unspecified atom stereocenters. The zero-order valence-corrected chi connectivity index (χ0v) is 13.2. The number of nitrogen functional groups attached to an aromatic ring is 1. The molecule has 1 aromatic carbocycles. The van der Waals surface area contributed by atoms with Gasteiger partial charge in [0.05, 0.1) is 11.4 Å². The average Bonchev–Trinajstić information content (AvgIpc) is 2.38. The van der Waals surface area contributed by atoms with E-state index in [0.29, 0.717) is 11.3 Å². The topological polar surface area (TPSA) is 96.0 Å². The van der Waals surface area contributed by atoms with Crippen LogP contribution in [0.25, 0.3) is 0 Å². The highest BCUT2D eigenvalue weighted by Crippen LogP contribution is 2.26. The van der Waals surface area contributed by atoms with E-state index in [1.165, 1.54) is 6.42 Å². The second-order valence-corrected chi connectivity index (χ2v) is 7.57. The third-order valence-corrected chi connectivity index (χ3v) is 5.43. The van der Waals surface area contributed by atoms with Gasteiger partial charge in [-0.05, 0) is 37.3 Å². The summed E-state index contributed by atoms with van der Waals surface area (Å²) in [5, 5.41) is 7.62. The molecule has 1 fully saturated rings. The monoisotopic (exact) mass is 309 g/mol. The average molecular weight is 309 g/mol. The number of hydrogen-bond donors (Lipinski definition) is 3. The second kappa shape index (κ2) is 6.47. The Morgan fingerprint density at radius 1 is 1.33 bits per heavy atom. The molecule has 1 aliphatic carbocycles. The summed E-state index contributed by atoms with van der Waals surface area (Å²) in [6.07, 6.45) is 5.39. The maximum absolute atomic E-state index is 12.3. The molecule has 0 spiro atoms. The molecule has 6 heteroatoms. The van der Waals surface area contributed by atoms with E-state index in [1.54, 1.807) is 12.1 Å². The highest BCUT2D eigenvalue weighted by molar-refractivity contribution is 7.92. The molecule has 21 heavy (non-hydrogen) atoms. The van der Waals surface area contributed by atoms with Crippen LogP contribution in [0, 0.1) is 18.3 Å². The summed E-state index contributed by atoms with van der Waals surface area (Å²) in [6.45, 7) is 1.82. The molecule has 0 aromatic heterocycles. The molecule has 0 saturated heterocycles. The smallest absolute Gasteiger partial charge is 0.233 e. The number of nitrogens with one attached hydrogen (secondary N) is 2. The predicted molar refractivity (Wildman–Crippen MR) is 86.2 cm³/mol. The molecule has 116 valence electrons. The maximum atomic E-state index is 12.3. The van der Waals surface area contributed by atoms with Crippen LogP contribution in [0.3, 0.4) is 0 Å². The van der Waals surface area contributed by atoms with Crippen LogP contribution in [0.1, 0.15) is 43.2 Å². The first-order valence-electron chi connectivity index (χ1n) is 7.33. The zero-order chi connectivity index (χ0) is 15.5. The maximum Gasteiger partial charge on any atom is 0.233 e. The molecule has 0 heterocycles. The first kappa shape index (κ1) is 15.8. The van der Waals surface area contributed by atoms with Crippen LogP contribution < -0.4 is 10.5 Å². The molecule has 2 rings (SSSR count). The van der Waals surface area contributed by atoms with Crippen molar-refractivity contribution >= 4 is 21.5 Å². The van der Waals surface area contributed by atoms with Crippen molar-refractivity contribution in [2.75, 3.05) is 10.5 Å². The molecule has 1 saturated carbocycles. The summed E-state index contributed by atoms with van der Waals surface area (Å²) in [6, 6.07) is 5.23. The van der Waals surface area contributed by atoms with Gasteiger partial charge < -0.3 is 5.73 Å². The van der Waals surface area contributed by atoms with E-state index in [9.17, 15) is 8.42 Å². The Morgan fingerprint density at radius 3 is 2.62 bits per heavy atom. The van der Waals surface area contributed by atoms with Crippen LogP contribution in [-0.2, 0) is 10.0 Å². The molecule has 0 bridgehead atoms. The van der Waals surface area contributed by atoms with Crippen LogP contribution in [0.4, 0.5) is 5.69 Å². The zero-order valence-electron chi connectivity index (χ0n) is 12.4. The van der Waals surface area contributed by atoms with Gasteiger partial charge in [0.15, 0.2) is 0 Å². The minimum Gasteiger partial charge on any atom is -0.384 e. The Bertz CT molecular complexity index is 620. The Labute approximate surface area is 126 Å². The standard InChI is InChI=1S/C15H23N3O2S/c1-11-6-5-9-13(14(11)15(16)17)18-21(19,20)10-12-7-3-2-4-8-12/h5-6,9,12,18H,2-4,7-8,10H2,1H3,(H3,16,17). The third-order valence-electron chi connectivity index (χ3n) is 3.99. The first-order valence-corrected chi connectivity index (χ1v) is 8.99. The van der Waals surface area contributed by atoms with Gasteiger partial charge in [0.25, 0.3) is 0 Å². The molecule has 1 aromatic rings. The number of aryl methyl sites for hydroxylation is 1. The lowest BCUT2D eigenvalue weighted by Gasteiger charge is -2.22. The van der Waals surface area contributed by atoms with E-state index in [-0.39, 0.29) is 17.5 Å². The minimum atomic E-state index is -3.41. The summed E-state index contributed by atoms with van der Waals surface area (Å²) in [5.74, 6) is 0.267. The van der Waals surface area contributed by atoms with Crippen molar-refractivity contribution in [3.8, 4) is 0 Å². The Hall–Kier alpha value is -1.56. The van der Waals surface area contributed by atoms with Gasteiger partial charge in [0.2, 0.25) is 10.0 Å². The van der Waals surface area contributed by atoms with Crippen molar-refractivity contribution in [2.45, 2.75) is 39.0 Å². The number of amidine groups is 1. The Morgan fingerprint density at radius 2 is 2.00 bits per heavy atom. The number of rotatable bonds is 5. The molecular weight excluding hydrogens is 286 g/mol. The van der Waals surface area contributed by atoms with Crippen molar-refractivity contribution in [1.29, 1.82) is 5.41 Å². The summed E-state index contributed by atoms with van der Waals surface area (Å²) in [5.41, 5.74) is 7.22. The van der Waals surface area contributed by atoms with Crippen LogP contribution in [0.2, 0.25) is 0 Å². The normalized spacial score (nSPS) is 16.6. The lowest BCUT2D eigenvalue weighted by Crippen LogP contribution is -2.26. The fourth-order valence-corrected chi connectivity index (χ4v) is 4.53. The molecule has 1 aliphatic rings. The van der Waals surface area contributed by atoms with Gasteiger partial charge in [0.1, 0.15) is 5.84 Å². The largest absolute Gasteiger partial charge is 0.384 e. The number of hydrogen-bond acceptors (Lipinski definition) is 3.